The number of nitrogens with zero attached hydrogens (tertiary/aromatic N) is 3. The molecule has 1 aliphatic heterocycles. The second-order valence-electron chi connectivity index (χ2n) is 6.78. The van der Waals surface area contributed by atoms with Gasteiger partial charge in [-0.25, -0.2) is 4.98 Å². The van der Waals surface area contributed by atoms with E-state index in [0.29, 0.717) is 13.1 Å². The Kier molecular flexibility index (Phi) is 9.46. The lowest BCUT2D eigenvalue weighted by molar-refractivity contribution is 0.0529. The molecule has 2 N–H and O–H groups in total. The van der Waals surface area contributed by atoms with Gasteiger partial charge in [0.25, 0.3) is 0 Å². The number of halogens is 1. The maximum atomic E-state index is 5.59. The minimum atomic E-state index is 0. The van der Waals surface area contributed by atoms with Crippen LogP contribution in [-0.4, -0.2) is 50.9 Å². The van der Waals surface area contributed by atoms with Crippen LogP contribution in [0.15, 0.2) is 47.6 Å². The molecule has 0 saturated carbocycles. The van der Waals surface area contributed by atoms with E-state index in [1.807, 2.05) is 24.4 Å². The smallest absolute Gasteiger partial charge is 0.191 e. The number of hydrogen-bond acceptors (Lipinski definition) is 5. The molecule has 1 saturated heterocycles. The molecule has 158 valence electrons. The topological polar surface area (TPSA) is 71.0 Å². The van der Waals surface area contributed by atoms with Gasteiger partial charge in [-0.05, 0) is 36.2 Å². The Labute approximate surface area is 189 Å². The molecule has 3 rings (SSSR count). The number of rotatable bonds is 6. The van der Waals surface area contributed by atoms with Crippen LogP contribution < -0.4 is 20.3 Å². The van der Waals surface area contributed by atoms with E-state index in [1.165, 1.54) is 0 Å². The van der Waals surface area contributed by atoms with Crippen LogP contribution in [0.1, 0.15) is 18.1 Å². The second-order valence-corrected chi connectivity index (χ2v) is 6.78. The van der Waals surface area contributed by atoms with E-state index in [-0.39, 0.29) is 30.1 Å². The number of pyridine rings is 1. The number of ether oxygens (including phenoxy) is 2. The first-order chi connectivity index (χ1) is 13.7. The van der Waals surface area contributed by atoms with Crippen molar-refractivity contribution in [1.82, 2.24) is 15.6 Å². The number of aliphatic imine (C=N–C) groups is 1. The van der Waals surface area contributed by atoms with Gasteiger partial charge in [-0.1, -0.05) is 18.2 Å². The maximum absolute atomic E-state index is 5.59. The quantitative estimate of drug-likeness (QED) is 0.353. The fraction of sp³-hybridized carbons (Fsp3) is 0.429. The monoisotopic (exact) mass is 511 g/mol. The van der Waals surface area contributed by atoms with Gasteiger partial charge in [0, 0.05) is 39.4 Å². The molecule has 0 spiro atoms. The van der Waals surface area contributed by atoms with Gasteiger partial charge in [-0.3, -0.25) is 4.99 Å². The molecule has 2 heterocycles. The molecule has 0 radical (unpaired) electrons. The molecule has 0 aliphatic carbocycles. The molecule has 7 nitrogen and oxygen atoms in total. The van der Waals surface area contributed by atoms with E-state index < -0.39 is 0 Å². The number of hydrogen-bond donors (Lipinski definition) is 2. The summed E-state index contributed by atoms with van der Waals surface area (Å²) in [5.41, 5.74) is 2.24. The normalized spacial score (nSPS) is 16.7. The minimum Gasteiger partial charge on any atom is -0.497 e. The predicted molar refractivity (Wildman–Crippen MR) is 127 cm³/mol. The van der Waals surface area contributed by atoms with Gasteiger partial charge >= 0.3 is 0 Å². The molecule has 1 fully saturated rings. The van der Waals surface area contributed by atoms with E-state index in [2.05, 4.69) is 50.6 Å². The van der Waals surface area contributed by atoms with Gasteiger partial charge in [0.2, 0.25) is 0 Å². The van der Waals surface area contributed by atoms with Crippen molar-refractivity contribution in [3.8, 4) is 5.75 Å². The van der Waals surface area contributed by atoms with Crippen LogP contribution in [0.5, 0.6) is 5.75 Å². The summed E-state index contributed by atoms with van der Waals surface area (Å²) in [6.45, 7) is 5.94. The van der Waals surface area contributed by atoms with E-state index >= 15 is 0 Å². The maximum Gasteiger partial charge on any atom is 0.191 e. The lowest BCUT2D eigenvalue weighted by Crippen LogP contribution is -2.41. The second kappa shape index (κ2) is 11.8. The number of anilines is 1. The zero-order valence-corrected chi connectivity index (χ0v) is 19.6. The molecule has 2 aromatic rings. The van der Waals surface area contributed by atoms with E-state index in [0.717, 1.165) is 48.4 Å². The van der Waals surface area contributed by atoms with Gasteiger partial charge < -0.3 is 25.0 Å². The number of guanidine groups is 1. The van der Waals surface area contributed by atoms with Gasteiger partial charge in [-0.2, -0.15) is 0 Å². The van der Waals surface area contributed by atoms with Crippen molar-refractivity contribution in [2.75, 3.05) is 38.8 Å². The summed E-state index contributed by atoms with van der Waals surface area (Å²) in [6, 6.07) is 12.2. The summed E-state index contributed by atoms with van der Waals surface area (Å²) in [5, 5.41) is 6.64. The van der Waals surface area contributed by atoms with Crippen molar-refractivity contribution in [2.24, 2.45) is 4.99 Å². The Morgan fingerprint density at radius 1 is 1.24 bits per heavy atom. The van der Waals surface area contributed by atoms with Crippen LogP contribution in [-0.2, 0) is 17.8 Å². The third-order valence-electron chi connectivity index (χ3n) is 4.65. The van der Waals surface area contributed by atoms with Crippen molar-refractivity contribution in [3.63, 3.8) is 0 Å². The average Bonchev–Trinajstić information content (AvgIpc) is 2.74. The number of morpholine rings is 1. The van der Waals surface area contributed by atoms with Crippen LogP contribution in [0.3, 0.4) is 0 Å². The minimum absolute atomic E-state index is 0. The van der Waals surface area contributed by atoms with Gasteiger partial charge in [0.05, 0.1) is 19.8 Å². The van der Waals surface area contributed by atoms with Gasteiger partial charge in [0.15, 0.2) is 5.96 Å². The van der Waals surface area contributed by atoms with E-state index in [4.69, 9.17) is 9.47 Å². The lowest BCUT2D eigenvalue weighted by atomic mass is 10.2. The zero-order valence-electron chi connectivity index (χ0n) is 17.2. The molecule has 0 bridgehead atoms. The summed E-state index contributed by atoms with van der Waals surface area (Å²) >= 11 is 0. The Balaban J connectivity index is 0.00000300. The van der Waals surface area contributed by atoms with Crippen molar-refractivity contribution < 1.29 is 9.47 Å². The predicted octanol–water partition coefficient (Wildman–Crippen LogP) is 2.80. The Morgan fingerprint density at radius 2 is 2.03 bits per heavy atom. The molecule has 1 atom stereocenters. The lowest BCUT2D eigenvalue weighted by Gasteiger charge is -2.32. The first-order valence-electron chi connectivity index (χ1n) is 9.57. The summed E-state index contributed by atoms with van der Waals surface area (Å²) < 4.78 is 10.9. The first kappa shape index (κ1) is 23.2. The largest absolute Gasteiger partial charge is 0.497 e. The molecule has 0 amide bonds. The van der Waals surface area contributed by atoms with Crippen molar-refractivity contribution in [2.45, 2.75) is 26.1 Å². The summed E-state index contributed by atoms with van der Waals surface area (Å²) in [4.78, 5) is 11.2. The molecular formula is C21H30IN5O2. The third kappa shape index (κ3) is 7.04. The van der Waals surface area contributed by atoms with Gasteiger partial charge in [0.1, 0.15) is 11.6 Å². The Bertz CT molecular complexity index is 785. The number of aromatic nitrogens is 1. The average molecular weight is 511 g/mol. The van der Waals surface area contributed by atoms with Crippen molar-refractivity contribution in [3.05, 3.63) is 53.7 Å². The molecule has 1 aliphatic rings. The number of benzene rings is 1. The summed E-state index contributed by atoms with van der Waals surface area (Å²) in [5.74, 6) is 2.59. The van der Waals surface area contributed by atoms with E-state index in [9.17, 15) is 0 Å². The summed E-state index contributed by atoms with van der Waals surface area (Å²) in [7, 11) is 3.44. The fourth-order valence-corrected chi connectivity index (χ4v) is 3.11. The first-order valence-corrected chi connectivity index (χ1v) is 9.57. The van der Waals surface area contributed by atoms with Crippen LogP contribution in [0, 0.1) is 0 Å². The van der Waals surface area contributed by atoms with Crippen molar-refractivity contribution >= 4 is 35.8 Å². The highest BCUT2D eigenvalue weighted by Crippen LogP contribution is 2.15. The third-order valence-corrected chi connectivity index (χ3v) is 4.65. The Hall–Kier alpha value is -2.07. The van der Waals surface area contributed by atoms with Crippen LogP contribution in [0.4, 0.5) is 5.82 Å². The highest BCUT2D eigenvalue weighted by molar-refractivity contribution is 14.0. The highest BCUT2D eigenvalue weighted by atomic mass is 127. The fourth-order valence-electron chi connectivity index (χ4n) is 3.11. The van der Waals surface area contributed by atoms with Crippen LogP contribution in [0.2, 0.25) is 0 Å². The molecule has 1 unspecified atom stereocenters. The Morgan fingerprint density at radius 3 is 2.69 bits per heavy atom. The summed E-state index contributed by atoms with van der Waals surface area (Å²) in [6.07, 6.45) is 2.16. The number of nitrogens with one attached hydrogen (secondary N) is 2. The molecule has 8 heteroatoms. The van der Waals surface area contributed by atoms with Gasteiger partial charge in [-0.15, -0.1) is 24.0 Å². The molecule has 29 heavy (non-hydrogen) atoms. The zero-order chi connectivity index (χ0) is 19.8. The standard InChI is InChI=1S/C21H29N5O2.HI/c1-16-15-26(9-10-28-16)20-8-7-18(13-23-20)14-25-21(22-2)24-12-17-5-4-6-19(11-17)27-3;/h4-8,11,13,16H,9-10,12,14-15H2,1-3H3,(H2,22,24,25);1H. The van der Waals surface area contributed by atoms with E-state index in [1.54, 1.807) is 14.2 Å². The van der Waals surface area contributed by atoms with Crippen molar-refractivity contribution in [1.29, 1.82) is 0 Å². The van der Waals surface area contributed by atoms with Crippen LogP contribution >= 0.6 is 24.0 Å². The van der Waals surface area contributed by atoms with Crippen LogP contribution in [0.25, 0.3) is 0 Å². The SMILES string of the molecule is CN=C(NCc1ccc(N2CCOC(C)C2)nc1)NCc1cccc(OC)c1.I. The molecule has 1 aromatic carbocycles. The number of methoxy groups -OCH3 is 1. The molecular weight excluding hydrogens is 481 g/mol. The highest BCUT2D eigenvalue weighted by Gasteiger charge is 2.17. The molecule has 1 aromatic heterocycles.